The minimum Gasteiger partial charge on any atom is -0.504 e. The molecular formula is C18H19NO6. The van der Waals surface area contributed by atoms with E-state index < -0.39 is 23.2 Å². The van der Waals surface area contributed by atoms with E-state index in [0.29, 0.717) is 17.9 Å². The van der Waals surface area contributed by atoms with Crippen LogP contribution in [0.5, 0.6) is 17.2 Å². The molecule has 2 aromatic rings. The number of hydrogen-bond acceptors (Lipinski definition) is 7. The highest BCUT2D eigenvalue weighted by Gasteiger charge is 2.13. The molecule has 25 heavy (non-hydrogen) atoms. The van der Waals surface area contributed by atoms with Crippen molar-refractivity contribution in [2.75, 3.05) is 6.61 Å². The topological polar surface area (TPSA) is 109 Å². The number of phenols is 3. The third kappa shape index (κ3) is 4.41. The second-order valence-electron chi connectivity index (χ2n) is 5.20. The average Bonchev–Trinajstić information content (AvgIpc) is 2.60. The lowest BCUT2D eigenvalue weighted by Gasteiger charge is -2.08. The summed E-state index contributed by atoms with van der Waals surface area (Å²) in [5, 5.41) is 32.5. The van der Waals surface area contributed by atoms with Gasteiger partial charge in [0.2, 0.25) is 5.75 Å². The van der Waals surface area contributed by atoms with Crippen molar-refractivity contribution < 1.29 is 29.7 Å². The van der Waals surface area contributed by atoms with Crippen LogP contribution in [0.15, 0.2) is 41.6 Å². The van der Waals surface area contributed by atoms with E-state index in [2.05, 4.69) is 5.16 Å². The molecule has 0 aromatic heterocycles. The Morgan fingerprint density at radius 2 is 1.88 bits per heavy atom. The summed E-state index contributed by atoms with van der Waals surface area (Å²) < 4.78 is 4.94. The summed E-state index contributed by atoms with van der Waals surface area (Å²) in [6.07, 6.45) is 0. The monoisotopic (exact) mass is 345 g/mol. The lowest BCUT2D eigenvalue weighted by molar-refractivity contribution is 0.0526. The standard InChI is InChI=1S/C18H19NO6/c1-3-24-18(23)13-6-4-5-12(9-13)10-25-19-11(2)14-7-8-15(20)17(22)16(14)21/h4-9,20-22H,3,10H2,1-2H3/b19-11+. The maximum atomic E-state index is 11.7. The minimum absolute atomic E-state index is 0.107. The third-order valence-corrected chi connectivity index (χ3v) is 3.39. The summed E-state index contributed by atoms with van der Waals surface area (Å²) in [6, 6.07) is 9.43. The van der Waals surface area contributed by atoms with Crippen LogP contribution >= 0.6 is 0 Å². The maximum absolute atomic E-state index is 11.7. The molecule has 0 aliphatic heterocycles. The molecule has 7 heteroatoms. The van der Waals surface area contributed by atoms with Gasteiger partial charge < -0.3 is 24.9 Å². The van der Waals surface area contributed by atoms with E-state index in [1.54, 1.807) is 38.1 Å². The Morgan fingerprint density at radius 1 is 1.12 bits per heavy atom. The number of aromatic hydroxyl groups is 3. The molecule has 0 aliphatic rings. The number of hydrogen-bond donors (Lipinski definition) is 3. The molecule has 0 saturated carbocycles. The zero-order valence-corrected chi connectivity index (χ0v) is 13.9. The zero-order valence-electron chi connectivity index (χ0n) is 13.9. The molecular weight excluding hydrogens is 326 g/mol. The smallest absolute Gasteiger partial charge is 0.338 e. The Hall–Kier alpha value is -3.22. The molecule has 0 atom stereocenters. The predicted molar refractivity (Wildman–Crippen MR) is 90.8 cm³/mol. The van der Waals surface area contributed by atoms with Crippen molar-refractivity contribution in [3.05, 3.63) is 53.1 Å². The van der Waals surface area contributed by atoms with Crippen molar-refractivity contribution in [3.63, 3.8) is 0 Å². The van der Waals surface area contributed by atoms with Crippen LogP contribution in [0.3, 0.4) is 0 Å². The Labute approximate surface area is 144 Å². The van der Waals surface area contributed by atoms with Gasteiger partial charge in [0.05, 0.1) is 17.9 Å². The number of esters is 1. The maximum Gasteiger partial charge on any atom is 0.338 e. The fraction of sp³-hybridized carbons (Fsp3) is 0.222. The highest BCUT2D eigenvalue weighted by atomic mass is 16.6. The van der Waals surface area contributed by atoms with Crippen LogP contribution in [0, 0.1) is 0 Å². The molecule has 0 radical (unpaired) electrons. The average molecular weight is 345 g/mol. The van der Waals surface area contributed by atoms with E-state index >= 15 is 0 Å². The minimum atomic E-state index is -0.616. The summed E-state index contributed by atoms with van der Waals surface area (Å²) in [5.41, 5.74) is 1.69. The van der Waals surface area contributed by atoms with E-state index in [9.17, 15) is 20.1 Å². The first-order chi connectivity index (χ1) is 11.9. The van der Waals surface area contributed by atoms with E-state index in [0.717, 1.165) is 5.56 Å². The van der Waals surface area contributed by atoms with Crippen LogP contribution in [0.4, 0.5) is 0 Å². The molecule has 0 heterocycles. The van der Waals surface area contributed by atoms with Gasteiger partial charge >= 0.3 is 5.97 Å². The van der Waals surface area contributed by atoms with Gasteiger partial charge in [-0.15, -0.1) is 0 Å². The number of carbonyl (C=O) groups excluding carboxylic acids is 1. The van der Waals surface area contributed by atoms with Gasteiger partial charge in [0.1, 0.15) is 6.61 Å². The Balaban J connectivity index is 2.07. The van der Waals surface area contributed by atoms with Gasteiger partial charge in [0.15, 0.2) is 11.5 Å². The fourth-order valence-electron chi connectivity index (χ4n) is 2.12. The first-order valence-corrected chi connectivity index (χ1v) is 7.61. The van der Waals surface area contributed by atoms with Crippen molar-refractivity contribution in [2.45, 2.75) is 20.5 Å². The van der Waals surface area contributed by atoms with Crippen LogP contribution < -0.4 is 0 Å². The number of rotatable bonds is 6. The predicted octanol–water partition coefficient (Wildman–Crippen LogP) is 2.92. The zero-order chi connectivity index (χ0) is 18.4. The molecule has 7 nitrogen and oxygen atoms in total. The van der Waals surface area contributed by atoms with Crippen LogP contribution in [0.1, 0.15) is 35.3 Å². The number of nitrogens with zero attached hydrogens (tertiary/aromatic N) is 1. The Kier molecular flexibility index (Phi) is 5.84. The van der Waals surface area contributed by atoms with Crippen molar-refractivity contribution in [1.29, 1.82) is 0 Å². The first kappa shape index (κ1) is 18.1. The summed E-state index contributed by atoms with van der Waals surface area (Å²) in [5.74, 6) is -1.93. The SMILES string of the molecule is CCOC(=O)c1cccc(CO/N=C(\C)c2ccc(O)c(O)c2O)c1. The number of oxime groups is 1. The normalized spacial score (nSPS) is 11.2. The van der Waals surface area contributed by atoms with E-state index in [4.69, 9.17) is 9.57 Å². The number of phenolic OH excluding ortho intramolecular Hbond substituents is 3. The van der Waals surface area contributed by atoms with Crippen molar-refractivity contribution in [1.82, 2.24) is 0 Å². The van der Waals surface area contributed by atoms with Crippen LogP contribution in [-0.4, -0.2) is 33.6 Å². The van der Waals surface area contributed by atoms with Gasteiger partial charge in [-0.2, -0.15) is 0 Å². The number of ether oxygens (including phenoxy) is 1. The Morgan fingerprint density at radius 3 is 2.60 bits per heavy atom. The second kappa shape index (κ2) is 8.05. The van der Waals surface area contributed by atoms with Gasteiger partial charge in [0.25, 0.3) is 0 Å². The molecule has 0 amide bonds. The summed E-state index contributed by atoms with van der Waals surface area (Å²) in [4.78, 5) is 16.9. The molecule has 2 rings (SSSR count). The number of carbonyl (C=O) groups is 1. The van der Waals surface area contributed by atoms with E-state index in [1.165, 1.54) is 12.1 Å². The lowest BCUT2D eigenvalue weighted by Crippen LogP contribution is -2.05. The number of benzene rings is 2. The Bertz CT molecular complexity index is 800. The summed E-state index contributed by atoms with van der Waals surface area (Å²) in [7, 11) is 0. The van der Waals surface area contributed by atoms with Gasteiger partial charge in [-0.1, -0.05) is 17.3 Å². The summed E-state index contributed by atoms with van der Waals surface area (Å²) >= 11 is 0. The molecule has 132 valence electrons. The van der Waals surface area contributed by atoms with Gasteiger partial charge in [-0.05, 0) is 43.7 Å². The van der Waals surface area contributed by atoms with Crippen LogP contribution in [0.2, 0.25) is 0 Å². The van der Waals surface area contributed by atoms with Crippen molar-refractivity contribution in [2.24, 2.45) is 5.16 Å². The molecule has 0 fully saturated rings. The molecule has 3 N–H and O–H groups in total. The first-order valence-electron chi connectivity index (χ1n) is 7.61. The molecule has 2 aromatic carbocycles. The quantitative estimate of drug-likeness (QED) is 0.321. The van der Waals surface area contributed by atoms with E-state index in [-0.39, 0.29) is 12.2 Å². The van der Waals surface area contributed by atoms with Crippen LogP contribution in [-0.2, 0) is 16.2 Å². The van der Waals surface area contributed by atoms with Crippen molar-refractivity contribution >= 4 is 11.7 Å². The molecule has 0 spiro atoms. The second-order valence-corrected chi connectivity index (χ2v) is 5.20. The highest BCUT2D eigenvalue weighted by molar-refractivity contribution is 6.01. The largest absolute Gasteiger partial charge is 0.504 e. The lowest BCUT2D eigenvalue weighted by atomic mass is 10.1. The van der Waals surface area contributed by atoms with Gasteiger partial charge in [0, 0.05) is 5.56 Å². The van der Waals surface area contributed by atoms with Gasteiger partial charge in [-0.25, -0.2) is 4.79 Å². The van der Waals surface area contributed by atoms with Crippen LogP contribution in [0.25, 0.3) is 0 Å². The fourth-order valence-corrected chi connectivity index (χ4v) is 2.12. The molecule has 0 saturated heterocycles. The summed E-state index contributed by atoms with van der Waals surface area (Å²) in [6.45, 7) is 3.72. The molecule has 0 aliphatic carbocycles. The molecule has 0 unspecified atom stereocenters. The van der Waals surface area contributed by atoms with Gasteiger partial charge in [-0.3, -0.25) is 0 Å². The molecule has 0 bridgehead atoms. The van der Waals surface area contributed by atoms with Crippen molar-refractivity contribution in [3.8, 4) is 17.2 Å². The van der Waals surface area contributed by atoms with E-state index in [1.807, 2.05) is 0 Å². The highest BCUT2D eigenvalue weighted by Crippen LogP contribution is 2.37. The third-order valence-electron chi connectivity index (χ3n) is 3.39.